The molecule has 11 heavy (non-hydrogen) atoms. The van der Waals surface area contributed by atoms with E-state index in [-0.39, 0.29) is 19.1 Å². The van der Waals surface area contributed by atoms with E-state index in [4.69, 9.17) is 10.2 Å². The lowest BCUT2D eigenvalue weighted by Crippen LogP contribution is -2.12. The molecular formula is C7H15NO3. The predicted octanol–water partition coefficient (Wildman–Crippen LogP) is -0.743. The topological polar surface area (TPSA) is 69.6 Å². The number of aliphatic hydroxyl groups excluding tert-OH is 2. The van der Waals surface area contributed by atoms with Crippen molar-refractivity contribution in [1.82, 2.24) is 5.32 Å². The molecule has 0 bridgehead atoms. The van der Waals surface area contributed by atoms with Gasteiger partial charge < -0.3 is 15.5 Å². The highest BCUT2D eigenvalue weighted by molar-refractivity contribution is 5.77. The fraction of sp³-hybridized carbons (Fsp3) is 0.857. The van der Waals surface area contributed by atoms with Crippen molar-refractivity contribution in [2.45, 2.75) is 19.3 Å². The molecule has 0 unspecified atom stereocenters. The Labute approximate surface area is 66.2 Å². The second-order valence-electron chi connectivity index (χ2n) is 2.25. The first kappa shape index (κ1) is 10.4. The van der Waals surface area contributed by atoms with Crippen molar-refractivity contribution >= 4 is 5.91 Å². The largest absolute Gasteiger partial charge is 0.396 e. The summed E-state index contributed by atoms with van der Waals surface area (Å²) in [5, 5.41) is 18.5. The third kappa shape index (κ3) is 7.29. The summed E-state index contributed by atoms with van der Waals surface area (Å²) in [5.74, 6) is 0.204. The van der Waals surface area contributed by atoms with Gasteiger partial charge in [0.2, 0.25) is 5.91 Å². The zero-order chi connectivity index (χ0) is 8.53. The summed E-state index contributed by atoms with van der Waals surface area (Å²) in [5.41, 5.74) is 0. The average molecular weight is 161 g/mol. The summed E-state index contributed by atoms with van der Waals surface area (Å²) in [7, 11) is 0. The smallest absolute Gasteiger partial charge is 0.220 e. The van der Waals surface area contributed by atoms with Gasteiger partial charge >= 0.3 is 0 Å². The Morgan fingerprint density at radius 2 is 2.00 bits per heavy atom. The van der Waals surface area contributed by atoms with Crippen molar-refractivity contribution in [3.05, 3.63) is 0 Å². The van der Waals surface area contributed by atoms with E-state index in [9.17, 15) is 4.79 Å². The van der Waals surface area contributed by atoms with E-state index in [1.807, 2.05) is 0 Å². The normalized spacial score (nSPS) is 15.3. The highest BCUT2D eigenvalue weighted by Crippen LogP contribution is 1.93. The van der Waals surface area contributed by atoms with Crippen LogP contribution in [0, 0.1) is 0 Å². The van der Waals surface area contributed by atoms with Crippen molar-refractivity contribution in [2.24, 2.45) is 0 Å². The molecule has 0 spiro atoms. The molecule has 66 valence electrons. The average Bonchev–Trinajstić information content (AvgIpc) is 2.43. The third-order valence-electron chi connectivity index (χ3n) is 1.22. The van der Waals surface area contributed by atoms with Gasteiger partial charge in [-0.15, -0.1) is 0 Å². The third-order valence-corrected chi connectivity index (χ3v) is 1.22. The summed E-state index contributed by atoms with van der Waals surface area (Å²) in [4.78, 5) is 10.1. The maximum atomic E-state index is 10.1. The molecule has 0 saturated carbocycles. The van der Waals surface area contributed by atoms with E-state index in [1.54, 1.807) is 0 Å². The van der Waals surface area contributed by atoms with Crippen LogP contribution >= 0.6 is 0 Å². The van der Waals surface area contributed by atoms with Crippen LogP contribution in [0.5, 0.6) is 0 Å². The summed E-state index contributed by atoms with van der Waals surface area (Å²) in [6.45, 7) is 1.08. The Kier molecular flexibility index (Phi) is 7.08. The van der Waals surface area contributed by atoms with Crippen molar-refractivity contribution < 1.29 is 15.0 Å². The molecule has 1 aliphatic heterocycles. The molecule has 0 aromatic rings. The quantitative estimate of drug-likeness (QED) is 0.499. The van der Waals surface area contributed by atoms with Crippen LogP contribution < -0.4 is 5.32 Å². The van der Waals surface area contributed by atoms with Crippen LogP contribution in [-0.2, 0) is 4.79 Å². The van der Waals surface area contributed by atoms with E-state index in [1.165, 1.54) is 0 Å². The molecule has 4 heteroatoms. The maximum Gasteiger partial charge on any atom is 0.220 e. The molecule has 0 atom stereocenters. The number of nitrogens with one attached hydrogen (secondary N) is 1. The molecule has 0 aliphatic carbocycles. The highest BCUT2D eigenvalue weighted by Gasteiger charge is 2.05. The van der Waals surface area contributed by atoms with Gasteiger partial charge in [0.25, 0.3) is 0 Å². The highest BCUT2D eigenvalue weighted by atomic mass is 16.3. The van der Waals surface area contributed by atoms with E-state index in [0.29, 0.717) is 6.42 Å². The minimum atomic E-state index is 0.0938. The van der Waals surface area contributed by atoms with E-state index >= 15 is 0 Å². The molecule has 1 rings (SSSR count). The molecule has 1 aliphatic rings. The molecule has 0 aromatic heterocycles. The van der Waals surface area contributed by atoms with Gasteiger partial charge in [0.15, 0.2) is 0 Å². The van der Waals surface area contributed by atoms with Gasteiger partial charge in [0.05, 0.1) is 0 Å². The monoisotopic (exact) mass is 161 g/mol. The fourth-order valence-electron chi connectivity index (χ4n) is 0.636. The molecule has 0 aromatic carbocycles. The first-order valence-electron chi connectivity index (χ1n) is 3.79. The first-order chi connectivity index (χ1) is 5.31. The van der Waals surface area contributed by atoms with E-state index in [0.717, 1.165) is 19.4 Å². The SMILES string of the molecule is O=C1CCCN1.OCCCO. The van der Waals surface area contributed by atoms with Crippen LogP contribution in [0.2, 0.25) is 0 Å². The molecule has 1 fully saturated rings. The van der Waals surface area contributed by atoms with E-state index in [2.05, 4.69) is 5.32 Å². The van der Waals surface area contributed by atoms with Gasteiger partial charge in [0, 0.05) is 26.2 Å². The number of aliphatic hydroxyl groups is 2. The van der Waals surface area contributed by atoms with Crippen LogP contribution in [0.15, 0.2) is 0 Å². The Morgan fingerprint density at radius 1 is 1.36 bits per heavy atom. The number of rotatable bonds is 2. The molecular weight excluding hydrogens is 146 g/mol. The van der Waals surface area contributed by atoms with Gasteiger partial charge in [-0.2, -0.15) is 0 Å². The van der Waals surface area contributed by atoms with Gasteiger partial charge in [-0.1, -0.05) is 0 Å². The Hall–Kier alpha value is -0.610. The number of carbonyl (C=O) groups is 1. The molecule has 4 nitrogen and oxygen atoms in total. The number of hydrogen-bond donors (Lipinski definition) is 3. The lowest BCUT2D eigenvalue weighted by molar-refractivity contribution is -0.119. The standard InChI is InChI=1S/C4H7NO.C3H8O2/c6-4-2-1-3-5-4;4-2-1-3-5/h1-3H2,(H,5,6);4-5H,1-3H2. The summed E-state index contributed by atoms with van der Waals surface area (Å²) in [6.07, 6.45) is 2.26. The number of carbonyl (C=O) groups excluding carboxylic acids is 1. The fourth-order valence-corrected chi connectivity index (χ4v) is 0.636. The Balaban J connectivity index is 0.000000187. The lowest BCUT2D eigenvalue weighted by Gasteiger charge is -1.80. The van der Waals surface area contributed by atoms with Crippen molar-refractivity contribution in [1.29, 1.82) is 0 Å². The van der Waals surface area contributed by atoms with Gasteiger partial charge in [-0.25, -0.2) is 0 Å². The second-order valence-corrected chi connectivity index (χ2v) is 2.25. The maximum absolute atomic E-state index is 10.1. The summed E-state index contributed by atoms with van der Waals surface area (Å²) < 4.78 is 0. The van der Waals surface area contributed by atoms with Crippen molar-refractivity contribution in [3.8, 4) is 0 Å². The minimum absolute atomic E-state index is 0.0938. The minimum Gasteiger partial charge on any atom is -0.396 e. The lowest BCUT2D eigenvalue weighted by atomic mass is 10.4. The molecule has 0 radical (unpaired) electrons. The predicted molar refractivity (Wildman–Crippen MR) is 41.0 cm³/mol. The Morgan fingerprint density at radius 3 is 2.09 bits per heavy atom. The second kappa shape index (κ2) is 7.50. The van der Waals surface area contributed by atoms with Crippen LogP contribution in [0.1, 0.15) is 19.3 Å². The van der Waals surface area contributed by atoms with Gasteiger partial charge in [-0.05, 0) is 12.8 Å². The summed E-state index contributed by atoms with van der Waals surface area (Å²) in [6, 6.07) is 0. The van der Waals surface area contributed by atoms with Crippen LogP contribution in [0.3, 0.4) is 0 Å². The molecule has 1 heterocycles. The van der Waals surface area contributed by atoms with E-state index < -0.39 is 0 Å². The van der Waals surface area contributed by atoms with Crippen molar-refractivity contribution in [3.63, 3.8) is 0 Å². The van der Waals surface area contributed by atoms with Crippen LogP contribution in [-0.4, -0.2) is 35.9 Å². The van der Waals surface area contributed by atoms with Crippen LogP contribution in [0.25, 0.3) is 0 Å². The number of hydrogen-bond acceptors (Lipinski definition) is 3. The Bertz CT molecular complexity index is 95.9. The molecule has 1 amide bonds. The first-order valence-corrected chi connectivity index (χ1v) is 3.79. The van der Waals surface area contributed by atoms with Crippen molar-refractivity contribution in [2.75, 3.05) is 19.8 Å². The molecule has 3 N–H and O–H groups in total. The zero-order valence-electron chi connectivity index (χ0n) is 6.55. The molecule has 1 saturated heterocycles. The summed E-state index contributed by atoms with van der Waals surface area (Å²) >= 11 is 0. The van der Waals surface area contributed by atoms with Gasteiger partial charge in [0.1, 0.15) is 0 Å². The van der Waals surface area contributed by atoms with Gasteiger partial charge in [-0.3, -0.25) is 4.79 Å². The zero-order valence-corrected chi connectivity index (χ0v) is 6.55. The number of amides is 1. The van der Waals surface area contributed by atoms with Crippen LogP contribution in [0.4, 0.5) is 0 Å².